The fourth-order valence-corrected chi connectivity index (χ4v) is 3.27. The van der Waals surface area contributed by atoms with Crippen LogP contribution >= 0.6 is 0 Å². The number of nitrogens with zero attached hydrogens (tertiary/aromatic N) is 2. The maximum Gasteiger partial charge on any atom is 0.251 e. The number of anilines is 1. The van der Waals surface area contributed by atoms with Crippen molar-refractivity contribution in [2.75, 3.05) is 18.0 Å². The van der Waals surface area contributed by atoms with E-state index in [1.807, 2.05) is 43.3 Å². The highest BCUT2D eigenvalue weighted by Gasteiger charge is 2.17. The van der Waals surface area contributed by atoms with E-state index in [1.165, 1.54) is 18.5 Å². The number of benzene rings is 1. The zero-order valence-corrected chi connectivity index (χ0v) is 14.5. The van der Waals surface area contributed by atoms with Crippen LogP contribution in [0.25, 0.3) is 0 Å². The second kappa shape index (κ2) is 7.47. The third-order valence-electron chi connectivity index (χ3n) is 4.69. The Morgan fingerprint density at radius 1 is 1.21 bits per heavy atom. The first kappa shape index (κ1) is 16.5. The number of aromatic nitrogens is 1. The predicted molar refractivity (Wildman–Crippen MR) is 97.4 cm³/mol. The molecule has 3 rings (SSSR count). The number of carbonyl (C=O) groups is 1. The van der Waals surface area contributed by atoms with Gasteiger partial charge in [0, 0.05) is 30.5 Å². The molecule has 2 heterocycles. The van der Waals surface area contributed by atoms with Crippen LogP contribution in [0.3, 0.4) is 0 Å². The van der Waals surface area contributed by atoms with Crippen LogP contribution in [-0.2, 0) is 0 Å². The highest BCUT2D eigenvalue weighted by atomic mass is 16.1. The number of hydrogen-bond acceptors (Lipinski definition) is 3. The Kier molecular flexibility index (Phi) is 5.14. The fourth-order valence-electron chi connectivity index (χ4n) is 3.27. The van der Waals surface area contributed by atoms with Crippen molar-refractivity contribution >= 4 is 11.6 Å². The van der Waals surface area contributed by atoms with Gasteiger partial charge in [0.05, 0.1) is 11.7 Å². The van der Waals surface area contributed by atoms with E-state index >= 15 is 0 Å². The third-order valence-corrected chi connectivity index (χ3v) is 4.69. The Hall–Kier alpha value is -2.36. The Labute approximate surface area is 143 Å². The number of rotatable bonds is 5. The molecule has 1 unspecified atom stereocenters. The second-order valence-electron chi connectivity index (χ2n) is 6.38. The summed E-state index contributed by atoms with van der Waals surface area (Å²) in [5.74, 6) is -0.0418. The molecule has 1 amide bonds. The van der Waals surface area contributed by atoms with Gasteiger partial charge in [-0.3, -0.25) is 9.78 Å². The zero-order chi connectivity index (χ0) is 16.9. The van der Waals surface area contributed by atoms with E-state index in [4.69, 9.17) is 0 Å². The van der Waals surface area contributed by atoms with E-state index in [-0.39, 0.29) is 11.9 Å². The lowest BCUT2D eigenvalue weighted by Gasteiger charge is -2.20. The average molecular weight is 323 g/mol. The molecule has 1 aliphatic rings. The molecule has 0 radical (unpaired) electrons. The Balaban J connectivity index is 1.70. The van der Waals surface area contributed by atoms with Crippen LogP contribution < -0.4 is 10.2 Å². The minimum atomic E-state index is -0.0584. The lowest BCUT2D eigenvalue weighted by molar-refractivity contribution is 0.0934. The molecular formula is C20H25N3O. The summed E-state index contributed by atoms with van der Waals surface area (Å²) >= 11 is 0. The molecule has 4 heteroatoms. The Morgan fingerprint density at radius 3 is 2.54 bits per heavy atom. The van der Waals surface area contributed by atoms with Gasteiger partial charge in [0.25, 0.3) is 5.91 Å². The monoisotopic (exact) mass is 323 g/mol. The number of nitrogens with one attached hydrogen (secondary N) is 1. The smallest absolute Gasteiger partial charge is 0.251 e. The van der Waals surface area contributed by atoms with Gasteiger partial charge in [0.1, 0.15) is 0 Å². The topological polar surface area (TPSA) is 45.2 Å². The molecule has 1 fully saturated rings. The summed E-state index contributed by atoms with van der Waals surface area (Å²) in [6, 6.07) is 11.8. The van der Waals surface area contributed by atoms with Crippen LogP contribution in [0.15, 0.2) is 42.6 Å². The summed E-state index contributed by atoms with van der Waals surface area (Å²) < 4.78 is 0. The van der Waals surface area contributed by atoms with Crippen LogP contribution in [0.5, 0.6) is 0 Å². The van der Waals surface area contributed by atoms with E-state index in [2.05, 4.69) is 22.1 Å². The van der Waals surface area contributed by atoms with Gasteiger partial charge in [-0.1, -0.05) is 13.0 Å². The summed E-state index contributed by atoms with van der Waals surface area (Å²) in [4.78, 5) is 19.4. The molecule has 4 nitrogen and oxygen atoms in total. The molecule has 1 aromatic carbocycles. The van der Waals surface area contributed by atoms with Crippen LogP contribution in [0.2, 0.25) is 0 Å². The quantitative estimate of drug-likeness (QED) is 0.908. The maximum atomic E-state index is 12.6. The van der Waals surface area contributed by atoms with Gasteiger partial charge < -0.3 is 10.2 Å². The van der Waals surface area contributed by atoms with Crippen molar-refractivity contribution in [1.29, 1.82) is 0 Å². The fraction of sp³-hybridized carbons (Fsp3) is 0.400. The molecule has 0 saturated carbocycles. The van der Waals surface area contributed by atoms with Crippen molar-refractivity contribution in [2.45, 2.75) is 39.2 Å². The Morgan fingerprint density at radius 2 is 1.92 bits per heavy atom. The first-order valence-corrected chi connectivity index (χ1v) is 8.76. The van der Waals surface area contributed by atoms with Gasteiger partial charge in [-0.25, -0.2) is 0 Å². The highest BCUT2D eigenvalue weighted by molar-refractivity contribution is 5.94. The number of hydrogen-bond donors (Lipinski definition) is 1. The molecule has 126 valence electrons. The van der Waals surface area contributed by atoms with Crippen LogP contribution in [0, 0.1) is 6.92 Å². The number of aryl methyl sites for hydroxylation is 1. The predicted octanol–water partition coefficient (Wildman–Crippen LogP) is 3.87. The van der Waals surface area contributed by atoms with E-state index in [1.54, 1.807) is 6.20 Å². The normalized spacial score (nSPS) is 15.3. The molecular weight excluding hydrogens is 298 g/mol. The third kappa shape index (κ3) is 3.58. The van der Waals surface area contributed by atoms with Gasteiger partial charge in [-0.2, -0.15) is 0 Å². The van der Waals surface area contributed by atoms with E-state index in [0.29, 0.717) is 5.56 Å². The lowest BCUT2D eigenvalue weighted by atomic mass is 10.0. The molecule has 0 aliphatic carbocycles. The maximum absolute atomic E-state index is 12.6. The van der Waals surface area contributed by atoms with Crippen molar-refractivity contribution in [2.24, 2.45) is 0 Å². The molecule has 0 spiro atoms. The minimum Gasteiger partial charge on any atom is -0.372 e. The summed E-state index contributed by atoms with van der Waals surface area (Å²) in [5.41, 5.74) is 3.96. The average Bonchev–Trinajstić information content (AvgIpc) is 3.15. The highest BCUT2D eigenvalue weighted by Crippen LogP contribution is 2.22. The summed E-state index contributed by atoms with van der Waals surface area (Å²) in [6.07, 6.45) is 5.10. The Bertz CT molecular complexity index is 690. The van der Waals surface area contributed by atoms with Crippen LogP contribution in [0.1, 0.15) is 53.8 Å². The largest absolute Gasteiger partial charge is 0.372 e. The van der Waals surface area contributed by atoms with Crippen molar-refractivity contribution in [3.05, 3.63) is 59.4 Å². The summed E-state index contributed by atoms with van der Waals surface area (Å²) in [6.45, 7) is 6.32. The van der Waals surface area contributed by atoms with Gasteiger partial charge in [0.15, 0.2) is 0 Å². The van der Waals surface area contributed by atoms with Crippen molar-refractivity contribution in [3.8, 4) is 0 Å². The molecule has 1 aromatic heterocycles. The summed E-state index contributed by atoms with van der Waals surface area (Å²) in [5, 5.41) is 3.11. The molecule has 2 aromatic rings. The number of pyridine rings is 1. The van der Waals surface area contributed by atoms with Crippen molar-refractivity contribution < 1.29 is 4.79 Å². The van der Waals surface area contributed by atoms with Crippen LogP contribution in [-0.4, -0.2) is 24.0 Å². The van der Waals surface area contributed by atoms with Gasteiger partial charge in [0.2, 0.25) is 0 Å². The minimum absolute atomic E-state index is 0.0418. The SMILES string of the molecule is CCC(NC(=O)c1ccc(N2CCCC2)cc1)c1ncccc1C. The van der Waals surface area contributed by atoms with Crippen molar-refractivity contribution in [3.63, 3.8) is 0 Å². The van der Waals surface area contributed by atoms with Crippen molar-refractivity contribution in [1.82, 2.24) is 10.3 Å². The van der Waals surface area contributed by atoms with E-state index in [9.17, 15) is 4.79 Å². The standard InChI is InChI=1S/C20H25N3O/c1-3-18(19-15(2)7-6-12-21-19)22-20(24)16-8-10-17(11-9-16)23-13-4-5-14-23/h6-12,18H,3-5,13-14H2,1-2H3,(H,22,24). The van der Waals surface area contributed by atoms with E-state index < -0.39 is 0 Å². The zero-order valence-electron chi connectivity index (χ0n) is 14.5. The van der Waals surface area contributed by atoms with Gasteiger partial charge in [-0.15, -0.1) is 0 Å². The van der Waals surface area contributed by atoms with Crippen LogP contribution in [0.4, 0.5) is 5.69 Å². The second-order valence-corrected chi connectivity index (χ2v) is 6.38. The van der Waals surface area contributed by atoms with E-state index in [0.717, 1.165) is 30.8 Å². The molecule has 1 saturated heterocycles. The first-order chi connectivity index (χ1) is 11.7. The number of amides is 1. The molecule has 0 bridgehead atoms. The molecule has 1 atom stereocenters. The number of carbonyl (C=O) groups excluding carboxylic acids is 1. The van der Waals surface area contributed by atoms with Gasteiger partial charge in [-0.05, 0) is 62.1 Å². The lowest BCUT2D eigenvalue weighted by Crippen LogP contribution is -2.29. The van der Waals surface area contributed by atoms with Gasteiger partial charge >= 0.3 is 0 Å². The molecule has 1 N–H and O–H groups in total. The molecule has 1 aliphatic heterocycles. The molecule has 24 heavy (non-hydrogen) atoms. The first-order valence-electron chi connectivity index (χ1n) is 8.76. The summed E-state index contributed by atoms with van der Waals surface area (Å²) in [7, 11) is 0.